The summed E-state index contributed by atoms with van der Waals surface area (Å²) in [7, 11) is -0.446. The van der Waals surface area contributed by atoms with Crippen LogP contribution in [-0.4, -0.2) is 221 Å². The predicted molar refractivity (Wildman–Crippen MR) is 338 cm³/mol. The Morgan fingerprint density at radius 3 is 0.739 bits per heavy atom. The first-order valence-corrected chi connectivity index (χ1v) is 30.3. The summed E-state index contributed by atoms with van der Waals surface area (Å²) >= 11 is 0. The molecule has 4 N–H and O–H groups in total. The standard InChI is InChI=1S/C21H35N7O8.C21H39N3O8.C18H15P.CH4/c22-27-24-4-6-29-8-10-31-12-14-33-16-18-35-20-2-1-3-21(26-20)36-19-17-34-15-13-32-11-9-30-7-5-25-28-23;22-4-6-25-8-10-27-12-14-29-16-18-31-20-2-1-3-21(24-20)32-19-17-30-15-13-28-11-9-26-7-5-23;1-4-10-16(11-5-1)19(17-12-6-2-7-13-17)18-14-8-3-9-15-18;/h1-3H,4-19H2;1-3H,4-19,22-23H2;1-15H;1H4. The maximum absolute atomic E-state index is 8.13. The first-order chi connectivity index (χ1) is 43.2. The molecule has 0 amide bonds. The molecule has 2 aromatic heterocycles. The van der Waals surface area contributed by atoms with Crippen LogP contribution in [0.15, 0.2) is 138 Å². The highest BCUT2D eigenvalue weighted by molar-refractivity contribution is 7.79. The van der Waals surface area contributed by atoms with E-state index >= 15 is 0 Å². The molecule has 0 saturated carbocycles. The number of rotatable bonds is 53. The van der Waals surface area contributed by atoms with E-state index in [0.29, 0.717) is 235 Å². The quantitative estimate of drug-likeness (QED) is 0.0138. The minimum absolute atomic E-state index is 0. The number of hydrogen-bond donors (Lipinski definition) is 2. The first kappa shape index (κ1) is 77.7. The van der Waals surface area contributed by atoms with E-state index in [1.54, 1.807) is 30.3 Å². The minimum Gasteiger partial charge on any atom is -0.475 e. The second-order valence-corrected chi connectivity index (χ2v) is 19.4. The molecule has 0 aliphatic rings. The van der Waals surface area contributed by atoms with Crippen LogP contribution in [-0.2, 0) is 56.8 Å². The van der Waals surface area contributed by atoms with Crippen molar-refractivity contribution in [3.05, 3.63) is 148 Å². The van der Waals surface area contributed by atoms with Crippen LogP contribution in [0.4, 0.5) is 0 Å². The van der Waals surface area contributed by atoms with Crippen molar-refractivity contribution in [2.24, 2.45) is 21.7 Å². The van der Waals surface area contributed by atoms with Crippen molar-refractivity contribution in [2.45, 2.75) is 7.43 Å². The lowest BCUT2D eigenvalue weighted by Crippen LogP contribution is -2.20. The fourth-order valence-corrected chi connectivity index (χ4v) is 9.05. The van der Waals surface area contributed by atoms with Gasteiger partial charge in [-0.1, -0.05) is 121 Å². The number of ether oxygens (including phenoxy) is 16. The molecule has 0 unspecified atom stereocenters. The van der Waals surface area contributed by atoms with Crippen LogP contribution in [0.5, 0.6) is 23.5 Å². The number of aromatic nitrogens is 2. The number of azide groups is 2. The molecular formula is C61H93N10O16P. The monoisotopic (exact) mass is 1250 g/mol. The van der Waals surface area contributed by atoms with Gasteiger partial charge in [0, 0.05) is 60.3 Å². The van der Waals surface area contributed by atoms with Gasteiger partial charge < -0.3 is 87.3 Å². The van der Waals surface area contributed by atoms with Gasteiger partial charge in [0.1, 0.15) is 26.4 Å². The molecule has 0 atom stereocenters. The zero-order valence-corrected chi connectivity index (χ0v) is 50.9. The molecule has 2 heterocycles. The fourth-order valence-electron chi connectivity index (χ4n) is 6.75. The lowest BCUT2D eigenvalue weighted by atomic mass is 10.4. The van der Waals surface area contributed by atoms with Crippen molar-refractivity contribution in [3.63, 3.8) is 0 Å². The van der Waals surface area contributed by atoms with E-state index in [4.69, 9.17) is 98.3 Å². The van der Waals surface area contributed by atoms with Crippen molar-refractivity contribution < 1.29 is 75.8 Å². The van der Waals surface area contributed by atoms with Gasteiger partial charge in [0.15, 0.2) is 0 Å². The molecule has 0 saturated heterocycles. The Kier molecular flexibility index (Phi) is 52.7. The molecule has 488 valence electrons. The third-order valence-corrected chi connectivity index (χ3v) is 13.1. The van der Waals surface area contributed by atoms with Gasteiger partial charge >= 0.3 is 0 Å². The Morgan fingerprint density at radius 2 is 0.511 bits per heavy atom. The lowest BCUT2D eigenvalue weighted by molar-refractivity contribution is 0.00963. The fraction of sp³-hybridized carbons (Fsp3) is 0.541. The summed E-state index contributed by atoms with van der Waals surface area (Å²) in [6, 6.07) is 43.0. The van der Waals surface area contributed by atoms with Gasteiger partial charge in [0.05, 0.1) is 159 Å². The highest BCUT2D eigenvalue weighted by atomic mass is 31.1. The van der Waals surface area contributed by atoms with Gasteiger partial charge in [-0.3, -0.25) is 0 Å². The van der Waals surface area contributed by atoms with E-state index in [2.05, 4.69) is 121 Å². The Hall–Kier alpha value is -6.35. The average molecular weight is 1250 g/mol. The van der Waals surface area contributed by atoms with Crippen LogP contribution in [0, 0.1) is 0 Å². The van der Waals surface area contributed by atoms with Gasteiger partial charge in [0.25, 0.3) is 0 Å². The van der Waals surface area contributed by atoms with Gasteiger partial charge in [-0.15, -0.1) is 0 Å². The molecule has 26 nitrogen and oxygen atoms in total. The number of hydrogen-bond acceptors (Lipinski definition) is 22. The third kappa shape index (κ3) is 44.1. The SMILES string of the molecule is C.NCCOCCOCCOCCOc1cccc(OCCOCCOCCOCCN)n1.[N-]=[N+]=NCCOCCOCCOCCOc1cccc(OCCOCCOCCOCCN=[N+]=[N-])n1.c1ccc(P(c2ccccc2)c2ccccc2)cc1. The minimum atomic E-state index is -0.446. The Balaban J connectivity index is 0.000000465. The van der Waals surface area contributed by atoms with Gasteiger partial charge in [-0.25, -0.2) is 0 Å². The summed E-state index contributed by atoms with van der Waals surface area (Å²) < 4.78 is 86.4. The summed E-state index contributed by atoms with van der Waals surface area (Å²) in [6.07, 6.45) is 0. The Bertz CT molecular complexity index is 2240. The number of pyridine rings is 2. The molecule has 0 fully saturated rings. The Labute approximate surface area is 519 Å². The molecular weight excluding hydrogens is 1160 g/mol. The molecule has 0 spiro atoms. The molecule has 27 heteroatoms. The van der Waals surface area contributed by atoms with Crippen LogP contribution < -0.4 is 46.3 Å². The first-order valence-electron chi connectivity index (χ1n) is 28.9. The molecule has 5 aromatic rings. The number of nitrogens with two attached hydrogens (primary N) is 2. The Morgan fingerprint density at radius 1 is 0.295 bits per heavy atom. The van der Waals surface area contributed by atoms with Crippen LogP contribution >= 0.6 is 7.92 Å². The van der Waals surface area contributed by atoms with E-state index in [0.717, 1.165) is 0 Å². The predicted octanol–water partition coefficient (Wildman–Crippen LogP) is 6.50. The van der Waals surface area contributed by atoms with Crippen molar-refractivity contribution >= 4 is 23.8 Å². The second-order valence-electron chi connectivity index (χ2n) is 17.2. The zero-order chi connectivity index (χ0) is 61.7. The summed E-state index contributed by atoms with van der Waals surface area (Å²) in [5, 5.41) is 10.9. The molecule has 0 bridgehead atoms. The molecule has 88 heavy (non-hydrogen) atoms. The van der Waals surface area contributed by atoms with Gasteiger partial charge in [-0.05, 0) is 34.9 Å². The van der Waals surface area contributed by atoms with E-state index < -0.39 is 7.92 Å². The smallest absolute Gasteiger partial charge is 0.216 e. The molecule has 5 rings (SSSR count). The highest BCUT2D eigenvalue weighted by Gasteiger charge is 2.15. The number of benzene rings is 3. The zero-order valence-electron chi connectivity index (χ0n) is 50.0. The summed E-state index contributed by atoms with van der Waals surface area (Å²) in [5.41, 5.74) is 26.9. The maximum Gasteiger partial charge on any atom is 0.216 e. The maximum atomic E-state index is 8.13. The van der Waals surface area contributed by atoms with E-state index in [9.17, 15) is 0 Å². The molecule has 0 radical (unpaired) electrons. The van der Waals surface area contributed by atoms with Crippen molar-refractivity contribution in [2.75, 3.05) is 211 Å². The highest BCUT2D eigenvalue weighted by Crippen LogP contribution is 2.32. The lowest BCUT2D eigenvalue weighted by Gasteiger charge is -2.18. The van der Waals surface area contributed by atoms with Crippen molar-refractivity contribution in [1.82, 2.24) is 9.97 Å². The van der Waals surface area contributed by atoms with E-state index in [-0.39, 0.29) is 7.43 Å². The van der Waals surface area contributed by atoms with Gasteiger partial charge in [-0.2, -0.15) is 9.97 Å². The molecule has 3 aromatic carbocycles. The topological polar surface area (TPSA) is 323 Å². The summed E-state index contributed by atoms with van der Waals surface area (Å²) in [6.45, 7) is 14.3. The van der Waals surface area contributed by atoms with Crippen LogP contribution in [0.25, 0.3) is 20.9 Å². The third-order valence-electron chi connectivity index (χ3n) is 10.6. The van der Waals surface area contributed by atoms with E-state index in [1.807, 2.05) is 6.07 Å². The molecule has 0 aliphatic carbocycles. The van der Waals surface area contributed by atoms with E-state index in [1.165, 1.54) is 15.9 Å². The van der Waals surface area contributed by atoms with Crippen LogP contribution in [0.1, 0.15) is 7.43 Å². The average Bonchev–Trinajstić information content (AvgIpc) is 2.59. The number of nitrogens with zero attached hydrogens (tertiary/aromatic N) is 8. The normalized spacial score (nSPS) is 10.6. The molecule has 0 aliphatic heterocycles. The van der Waals surface area contributed by atoms with Gasteiger partial charge in [0.2, 0.25) is 23.5 Å². The van der Waals surface area contributed by atoms with Crippen molar-refractivity contribution in [3.8, 4) is 23.5 Å². The van der Waals surface area contributed by atoms with Crippen LogP contribution in [0.2, 0.25) is 0 Å². The summed E-state index contributed by atoms with van der Waals surface area (Å²) in [4.78, 5) is 13.8. The van der Waals surface area contributed by atoms with Crippen molar-refractivity contribution in [1.29, 1.82) is 0 Å². The second kappa shape index (κ2) is 59.6. The van der Waals surface area contributed by atoms with Crippen LogP contribution in [0.3, 0.4) is 0 Å². The largest absolute Gasteiger partial charge is 0.475 e. The summed E-state index contributed by atoms with van der Waals surface area (Å²) in [5.74, 6) is 1.85.